The Bertz CT molecular complexity index is 523. The van der Waals surface area contributed by atoms with Gasteiger partial charge in [-0.25, -0.2) is 4.98 Å². The lowest BCUT2D eigenvalue weighted by Crippen LogP contribution is -2.00. The highest BCUT2D eigenvalue weighted by atomic mass is 32.2. The van der Waals surface area contributed by atoms with Crippen LogP contribution in [0.5, 0.6) is 0 Å². The summed E-state index contributed by atoms with van der Waals surface area (Å²) in [6, 6.07) is 8.63. The van der Waals surface area contributed by atoms with Crippen molar-refractivity contribution in [3.63, 3.8) is 0 Å². The highest BCUT2D eigenvalue weighted by Crippen LogP contribution is 2.27. The predicted molar refractivity (Wildman–Crippen MR) is 80.8 cm³/mol. The summed E-state index contributed by atoms with van der Waals surface area (Å²) in [6.07, 6.45) is 3.54. The van der Waals surface area contributed by atoms with Crippen LogP contribution in [0.1, 0.15) is 32.3 Å². The summed E-state index contributed by atoms with van der Waals surface area (Å²) in [4.78, 5) is 9.89. The van der Waals surface area contributed by atoms with Gasteiger partial charge in [-0.1, -0.05) is 37.7 Å². The van der Waals surface area contributed by atoms with Gasteiger partial charge < -0.3 is 5.32 Å². The first-order chi connectivity index (χ1) is 9.19. The Labute approximate surface area is 118 Å². The van der Waals surface area contributed by atoms with E-state index in [0.717, 1.165) is 17.4 Å². The monoisotopic (exact) mass is 273 g/mol. The molecule has 4 heteroatoms. The molecule has 0 aliphatic heterocycles. The Morgan fingerprint density at radius 1 is 1.16 bits per heavy atom. The average Bonchev–Trinajstić information content (AvgIpc) is 2.40. The molecular formula is C15H19N3S. The largest absolute Gasteiger partial charge is 0.369 e. The summed E-state index contributed by atoms with van der Waals surface area (Å²) in [7, 11) is 0. The van der Waals surface area contributed by atoms with Crippen LogP contribution in [0.4, 0.5) is 5.82 Å². The molecule has 1 N–H and O–H groups in total. The van der Waals surface area contributed by atoms with Gasteiger partial charge in [0.15, 0.2) is 0 Å². The van der Waals surface area contributed by atoms with Gasteiger partial charge in [0, 0.05) is 11.4 Å². The lowest BCUT2D eigenvalue weighted by molar-refractivity contribution is 0.865. The Morgan fingerprint density at radius 3 is 2.53 bits per heavy atom. The summed E-state index contributed by atoms with van der Waals surface area (Å²) in [5.74, 6) is 1.39. The molecule has 0 radical (unpaired) electrons. The lowest BCUT2D eigenvalue weighted by Gasteiger charge is -2.07. The van der Waals surface area contributed by atoms with Crippen LogP contribution >= 0.6 is 11.8 Å². The van der Waals surface area contributed by atoms with E-state index in [9.17, 15) is 0 Å². The van der Waals surface area contributed by atoms with Gasteiger partial charge in [-0.05, 0) is 30.5 Å². The maximum absolute atomic E-state index is 4.50. The molecule has 0 aliphatic rings. The van der Waals surface area contributed by atoms with Crippen molar-refractivity contribution in [1.29, 1.82) is 0 Å². The Kier molecular flexibility index (Phi) is 4.80. The second-order valence-electron chi connectivity index (χ2n) is 4.60. The third-order valence-corrected chi connectivity index (χ3v) is 3.65. The second kappa shape index (κ2) is 6.57. The van der Waals surface area contributed by atoms with E-state index in [0.29, 0.717) is 5.92 Å². The molecule has 19 heavy (non-hydrogen) atoms. The first-order valence-electron chi connectivity index (χ1n) is 6.52. The predicted octanol–water partition coefficient (Wildman–Crippen LogP) is 4.18. The van der Waals surface area contributed by atoms with Crippen LogP contribution < -0.4 is 5.32 Å². The normalized spacial score (nSPS) is 10.7. The number of hydrogen-bond donors (Lipinski definition) is 1. The highest BCUT2D eigenvalue weighted by molar-refractivity contribution is 7.99. The maximum atomic E-state index is 4.50. The summed E-state index contributed by atoms with van der Waals surface area (Å²) in [5.41, 5.74) is 1.36. The van der Waals surface area contributed by atoms with E-state index < -0.39 is 0 Å². The van der Waals surface area contributed by atoms with Crippen LogP contribution in [0.15, 0.2) is 46.6 Å². The van der Waals surface area contributed by atoms with Crippen LogP contribution in [-0.2, 0) is 0 Å². The summed E-state index contributed by atoms with van der Waals surface area (Å²) >= 11 is 1.63. The molecule has 0 aliphatic carbocycles. The van der Waals surface area contributed by atoms with E-state index in [1.807, 2.05) is 6.92 Å². The minimum atomic E-state index is 0.566. The molecule has 0 saturated heterocycles. The number of anilines is 1. The number of benzene rings is 1. The molecule has 0 fully saturated rings. The molecule has 0 bridgehead atoms. The SMILES string of the molecule is CCNc1cncc(Sc2ccc(C(C)C)cc2)n1. The standard InChI is InChI=1S/C15H19N3S/c1-4-17-14-9-16-10-15(18-14)19-13-7-5-12(6-8-13)11(2)3/h5-11H,4H2,1-3H3,(H,17,18). The molecule has 1 aromatic carbocycles. The molecule has 0 amide bonds. The first-order valence-corrected chi connectivity index (χ1v) is 7.34. The Balaban J connectivity index is 2.10. The van der Waals surface area contributed by atoms with Crippen molar-refractivity contribution in [2.75, 3.05) is 11.9 Å². The molecule has 0 saturated carbocycles. The molecule has 0 atom stereocenters. The topological polar surface area (TPSA) is 37.8 Å². The lowest BCUT2D eigenvalue weighted by atomic mass is 10.0. The average molecular weight is 273 g/mol. The number of nitrogens with zero attached hydrogens (tertiary/aromatic N) is 2. The van der Waals surface area contributed by atoms with Crippen molar-refractivity contribution in [2.24, 2.45) is 0 Å². The van der Waals surface area contributed by atoms with Gasteiger partial charge in [0.2, 0.25) is 0 Å². The fourth-order valence-electron chi connectivity index (χ4n) is 1.71. The van der Waals surface area contributed by atoms with Crippen LogP contribution in [0.25, 0.3) is 0 Å². The molecular weight excluding hydrogens is 254 g/mol. The number of hydrogen-bond acceptors (Lipinski definition) is 4. The molecule has 0 unspecified atom stereocenters. The van der Waals surface area contributed by atoms with E-state index in [-0.39, 0.29) is 0 Å². The second-order valence-corrected chi connectivity index (χ2v) is 5.69. The van der Waals surface area contributed by atoms with E-state index >= 15 is 0 Å². The fourth-order valence-corrected chi connectivity index (χ4v) is 2.48. The van der Waals surface area contributed by atoms with Crippen molar-refractivity contribution in [1.82, 2.24) is 9.97 Å². The van der Waals surface area contributed by atoms with E-state index in [4.69, 9.17) is 0 Å². The number of nitrogens with one attached hydrogen (secondary N) is 1. The zero-order chi connectivity index (χ0) is 13.7. The van der Waals surface area contributed by atoms with Crippen molar-refractivity contribution in [3.8, 4) is 0 Å². The van der Waals surface area contributed by atoms with E-state index in [1.54, 1.807) is 24.2 Å². The minimum Gasteiger partial charge on any atom is -0.369 e. The Morgan fingerprint density at radius 2 is 1.89 bits per heavy atom. The van der Waals surface area contributed by atoms with Crippen molar-refractivity contribution in [2.45, 2.75) is 36.6 Å². The van der Waals surface area contributed by atoms with Crippen LogP contribution in [0, 0.1) is 0 Å². The quantitative estimate of drug-likeness (QED) is 0.886. The first kappa shape index (κ1) is 13.9. The smallest absolute Gasteiger partial charge is 0.145 e. The zero-order valence-corrected chi connectivity index (χ0v) is 12.4. The number of rotatable bonds is 5. The van der Waals surface area contributed by atoms with Gasteiger partial charge >= 0.3 is 0 Å². The van der Waals surface area contributed by atoms with Crippen molar-refractivity contribution < 1.29 is 0 Å². The molecule has 0 spiro atoms. The van der Waals surface area contributed by atoms with Gasteiger partial charge in [0.1, 0.15) is 10.8 Å². The molecule has 2 rings (SSSR count). The molecule has 2 aromatic rings. The van der Waals surface area contributed by atoms with Gasteiger partial charge in [0.05, 0.1) is 12.4 Å². The summed E-state index contributed by atoms with van der Waals surface area (Å²) < 4.78 is 0. The maximum Gasteiger partial charge on any atom is 0.145 e. The van der Waals surface area contributed by atoms with Crippen molar-refractivity contribution in [3.05, 3.63) is 42.2 Å². The zero-order valence-electron chi connectivity index (χ0n) is 11.6. The summed E-state index contributed by atoms with van der Waals surface area (Å²) in [6.45, 7) is 7.30. The minimum absolute atomic E-state index is 0.566. The number of aromatic nitrogens is 2. The van der Waals surface area contributed by atoms with Gasteiger partial charge in [-0.2, -0.15) is 0 Å². The molecule has 3 nitrogen and oxygen atoms in total. The van der Waals surface area contributed by atoms with Crippen LogP contribution in [0.3, 0.4) is 0 Å². The van der Waals surface area contributed by atoms with E-state index in [1.165, 1.54) is 10.5 Å². The van der Waals surface area contributed by atoms with Gasteiger partial charge in [0.25, 0.3) is 0 Å². The molecule has 1 heterocycles. The third kappa shape index (κ3) is 3.96. The van der Waals surface area contributed by atoms with Crippen molar-refractivity contribution >= 4 is 17.6 Å². The fraction of sp³-hybridized carbons (Fsp3) is 0.333. The van der Waals surface area contributed by atoms with Crippen LogP contribution in [0.2, 0.25) is 0 Å². The molecule has 1 aromatic heterocycles. The van der Waals surface area contributed by atoms with Gasteiger partial charge in [-0.15, -0.1) is 0 Å². The van der Waals surface area contributed by atoms with E-state index in [2.05, 4.69) is 53.4 Å². The Hall–Kier alpha value is -1.55. The van der Waals surface area contributed by atoms with Crippen LogP contribution in [-0.4, -0.2) is 16.5 Å². The summed E-state index contributed by atoms with van der Waals surface area (Å²) in [5, 5.41) is 4.08. The van der Waals surface area contributed by atoms with Gasteiger partial charge in [-0.3, -0.25) is 4.98 Å². The highest BCUT2D eigenvalue weighted by Gasteiger charge is 2.03. The third-order valence-electron chi connectivity index (χ3n) is 2.74. The molecule has 100 valence electrons.